The number of hydrogen-bond donors (Lipinski definition) is 1. The molecular weight excluding hydrogens is 366 g/mol. The van der Waals surface area contributed by atoms with Gasteiger partial charge in [-0.15, -0.1) is 0 Å². The Bertz CT molecular complexity index is 972. The molecule has 1 aliphatic heterocycles. The van der Waals surface area contributed by atoms with E-state index in [4.69, 9.17) is 22.7 Å². The molecule has 0 spiro atoms. The summed E-state index contributed by atoms with van der Waals surface area (Å²) in [4.78, 5) is 0. The minimum atomic E-state index is -0.00382. The number of rotatable bonds is 5. The number of hydrazone groups is 1. The Morgan fingerprint density at radius 2 is 1.61 bits per heavy atom. The summed E-state index contributed by atoms with van der Waals surface area (Å²) in [5, 5.41) is 6.68. The number of nitrogens with zero attached hydrogens (tertiary/aromatic N) is 2. The quantitative estimate of drug-likeness (QED) is 0.647. The van der Waals surface area contributed by atoms with Crippen LogP contribution in [0.4, 0.5) is 0 Å². The molecule has 3 aromatic rings. The van der Waals surface area contributed by atoms with Crippen molar-refractivity contribution < 1.29 is 4.74 Å². The lowest BCUT2D eigenvalue weighted by molar-refractivity contribution is 0.305. The van der Waals surface area contributed by atoms with Crippen molar-refractivity contribution in [3.05, 3.63) is 102 Å². The fourth-order valence-electron chi connectivity index (χ4n) is 3.31. The van der Waals surface area contributed by atoms with Crippen LogP contribution < -0.4 is 10.5 Å². The van der Waals surface area contributed by atoms with Crippen LogP contribution in [0.15, 0.2) is 90.0 Å². The van der Waals surface area contributed by atoms with E-state index in [0.717, 1.165) is 34.6 Å². The molecule has 0 amide bonds. The van der Waals surface area contributed by atoms with Crippen molar-refractivity contribution in [2.24, 2.45) is 10.8 Å². The average molecular weight is 388 g/mol. The zero-order chi connectivity index (χ0) is 19.3. The van der Waals surface area contributed by atoms with Crippen LogP contribution in [0.2, 0.25) is 0 Å². The van der Waals surface area contributed by atoms with E-state index in [9.17, 15) is 0 Å². The molecule has 1 heterocycles. The van der Waals surface area contributed by atoms with E-state index in [1.165, 1.54) is 0 Å². The van der Waals surface area contributed by atoms with Crippen LogP contribution in [0.25, 0.3) is 0 Å². The second kappa shape index (κ2) is 8.23. The third-order valence-electron chi connectivity index (χ3n) is 4.76. The Balaban J connectivity index is 1.48. The van der Waals surface area contributed by atoms with E-state index in [-0.39, 0.29) is 11.2 Å². The molecule has 0 aromatic heterocycles. The molecule has 1 unspecified atom stereocenters. The van der Waals surface area contributed by atoms with E-state index in [1.54, 1.807) is 5.01 Å². The molecule has 0 saturated heterocycles. The molecule has 0 radical (unpaired) electrons. The van der Waals surface area contributed by atoms with Gasteiger partial charge in [-0.3, -0.25) is 0 Å². The molecule has 140 valence electrons. The third-order valence-corrected chi connectivity index (χ3v) is 4.94. The maximum absolute atomic E-state index is 5.93. The van der Waals surface area contributed by atoms with E-state index in [2.05, 4.69) is 41.5 Å². The van der Waals surface area contributed by atoms with E-state index in [0.29, 0.717) is 6.61 Å². The van der Waals surface area contributed by atoms with E-state index >= 15 is 0 Å². The molecule has 0 fully saturated rings. The summed E-state index contributed by atoms with van der Waals surface area (Å²) in [5.41, 5.74) is 10.3. The molecule has 0 aliphatic carbocycles. The van der Waals surface area contributed by atoms with Gasteiger partial charge in [-0.2, -0.15) is 5.10 Å². The second-order valence-corrected chi connectivity index (χ2v) is 7.08. The first-order valence-electron chi connectivity index (χ1n) is 9.19. The lowest BCUT2D eigenvalue weighted by Crippen LogP contribution is -2.31. The first-order chi connectivity index (χ1) is 13.7. The molecule has 0 saturated carbocycles. The zero-order valence-corrected chi connectivity index (χ0v) is 16.2. The molecule has 28 heavy (non-hydrogen) atoms. The number of thiocarbonyl (C=S) groups is 1. The first kappa shape index (κ1) is 18.2. The largest absolute Gasteiger partial charge is 0.489 e. The Hall–Kier alpha value is -3.18. The number of benzene rings is 3. The topological polar surface area (TPSA) is 50.8 Å². The van der Waals surface area contributed by atoms with Crippen molar-refractivity contribution in [3.8, 4) is 5.75 Å². The van der Waals surface area contributed by atoms with Crippen molar-refractivity contribution >= 4 is 23.0 Å². The third kappa shape index (κ3) is 4.05. The molecule has 1 atom stereocenters. The van der Waals surface area contributed by atoms with Crippen LogP contribution >= 0.6 is 12.2 Å². The fraction of sp³-hybridized carbons (Fsp3) is 0.130. The Labute approximate surface area is 170 Å². The van der Waals surface area contributed by atoms with Gasteiger partial charge < -0.3 is 10.5 Å². The Kier molecular flexibility index (Phi) is 5.35. The van der Waals surface area contributed by atoms with Crippen molar-refractivity contribution in [2.45, 2.75) is 19.1 Å². The van der Waals surface area contributed by atoms with Gasteiger partial charge >= 0.3 is 0 Å². The van der Waals surface area contributed by atoms with Crippen molar-refractivity contribution in [2.75, 3.05) is 0 Å². The second-order valence-electron chi connectivity index (χ2n) is 6.66. The van der Waals surface area contributed by atoms with Gasteiger partial charge in [0.05, 0.1) is 11.8 Å². The van der Waals surface area contributed by atoms with Crippen LogP contribution in [-0.4, -0.2) is 15.8 Å². The fourth-order valence-corrected chi connectivity index (χ4v) is 3.47. The maximum Gasteiger partial charge on any atom is 0.187 e. The van der Waals surface area contributed by atoms with Gasteiger partial charge in [0.2, 0.25) is 0 Å². The molecule has 4 rings (SSSR count). The zero-order valence-electron chi connectivity index (χ0n) is 15.4. The lowest BCUT2D eigenvalue weighted by atomic mass is 9.98. The normalized spacial score (nSPS) is 15.9. The Morgan fingerprint density at radius 3 is 2.25 bits per heavy atom. The van der Waals surface area contributed by atoms with Crippen LogP contribution in [0.3, 0.4) is 0 Å². The molecular formula is C23H21N3OS. The molecule has 3 aromatic carbocycles. The van der Waals surface area contributed by atoms with E-state index in [1.807, 2.05) is 48.5 Å². The molecule has 1 aliphatic rings. The van der Waals surface area contributed by atoms with Crippen LogP contribution in [0.1, 0.15) is 29.2 Å². The highest BCUT2D eigenvalue weighted by Gasteiger charge is 2.30. The predicted octanol–water partition coefficient (Wildman–Crippen LogP) is 4.66. The number of hydrogen-bond acceptors (Lipinski definition) is 3. The SMILES string of the molecule is NC(=S)N1N=C(c2ccccc2)CC1c1ccc(OCc2ccccc2)cc1. The lowest BCUT2D eigenvalue weighted by Gasteiger charge is -2.22. The van der Waals surface area contributed by atoms with Gasteiger partial charge in [0.1, 0.15) is 12.4 Å². The highest BCUT2D eigenvalue weighted by Crippen LogP contribution is 2.33. The minimum Gasteiger partial charge on any atom is -0.489 e. The van der Waals surface area contributed by atoms with Gasteiger partial charge in [-0.25, -0.2) is 5.01 Å². The maximum atomic E-state index is 5.93. The summed E-state index contributed by atoms with van der Waals surface area (Å²) in [6.45, 7) is 0.546. The van der Waals surface area contributed by atoms with Gasteiger partial charge in [-0.1, -0.05) is 72.8 Å². The van der Waals surface area contributed by atoms with Gasteiger partial charge in [0, 0.05) is 6.42 Å². The summed E-state index contributed by atoms with van der Waals surface area (Å²) < 4.78 is 5.88. The first-order valence-corrected chi connectivity index (χ1v) is 9.60. The summed E-state index contributed by atoms with van der Waals surface area (Å²) in [6.07, 6.45) is 0.756. The summed E-state index contributed by atoms with van der Waals surface area (Å²) in [5.74, 6) is 0.830. The highest BCUT2D eigenvalue weighted by molar-refractivity contribution is 7.80. The van der Waals surface area contributed by atoms with Gasteiger partial charge in [-0.05, 0) is 41.0 Å². The summed E-state index contributed by atoms with van der Waals surface area (Å²) in [6, 6.07) is 28.3. The summed E-state index contributed by atoms with van der Waals surface area (Å²) >= 11 is 5.23. The molecule has 4 nitrogen and oxygen atoms in total. The predicted molar refractivity (Wildman–Crippen MR) is 116 cm³/mol. The van der Waals surface area contributed by atoms with Crippen molar-refractivity contribution in [3.63, 3.8) is 0 Å². The minimum absolute atomic E-state index is 0.00382. The van der Waals surface area contributed by atoms with Gasteiger partial charge in [0.25, 0.3) is 0 Å². The monoisotopic (exact) mass is 387 g/mol. The Morgan fingerprint density at radius 1 is 0.964 bits per heavy atom. The highest BCUT2D eigenvalue weighted by atomic mass is 32.1. The average Bonchev–Trinajstić information content (AvgIpc) is 3.20. The van der Waals surface area contributed by atoms with Crippen molar-refractivity contribution in [1.29, 1.82) is 0 Å². The molecule has 0 bridgehead atoms. The number of ether oxygens (including phenoxy) is 1. The molecule has 2 N–H and O–H groups in total. The summed E-state index contributed by atoms with van der Waals surface area (Å²) in [7, 11) is 0. The van der Waals surface area contributed by atoms with Crippen LogP contribution in [0, 0.1) is 0 Å². The molecule has 5 heteroatoms. The van der Waals surface area contributed by atoms with E-state index < -0.39 is 0 Å². The van der Waals surface area contributed by atoms with Crippen molar-refractivity contribution in [1.82, 2.24) is 5.01 Å². The standard InChI is InChI=1S/C23H21N3OS/c24-23(28)26-22(15-21(25-26)18-9-5-2-6-10-18)19-11-13-20(14-12-19)27-16-17-7-3-1-4-8-17/h1-14,22H,15-16H2,(H2,24,28). The number of nitrogens with two attached hydrogens (primary N) is 1. The smallest absolute Gasteiger partial charge is 0.187 e. The van der Waals surface area contributed by atoms with Crippen LogP contribution in [-0.2, 0) is 6.61 Å². The van der Waals surface area contributed by atoms with Gasteiger partial charge in [0.15, 0.2) is 5.11 Å². The van der Waals surface area contributed by atoms with Crippen LogP contribution in [0.5, 0.6) is 5.75 Å².